The van der Waals surface area contributed by atoms with E-state index in [-0.39, 0.29) is 35.7 Å². The van der Waals surface area contributed by atoms with E-state index in [4.69, 9.17) is 35.7 Å². The minimum atomic E-state index is -2.80. The molecule has 156 valence electrons. The number of aliphatic carboxylic acids is 6. The van der Waals surface area contributed by atoms with Crippen LogP contribution in [0.1, 0.15) is 25.7 Å². The molecule has 0 aromatic heterocycles. The van der Waals surface area contributed by atoms with E-state index in [9.17, 15) is 33.9 Å². The minimum absolute atomic E-state index is 0. The fourth-order valence-corrected chi connectivity index (χ4v) is 1.42. The smallest absolute Gasteiger partial charge is 0.550 e. The molecule has 0 spiro atoms. The molecule has 0 saturated heterocycles. The van der Waals surface area contributed by atoms with Crippen LogP contribution in [0.2, 0.25) is 0 Å². The third-order valence-electron chi connectivity index (χ3n) is 2.56. The molecule has 28 heavy (non-hydrogen) atoms. The molecule has 0 aliphatic heterocycles. The number of carboxylic acids is 6. The van der Waals surface area contributed by atoms with Gasteiger partial charge in [-0.1, -0.05) is 0 Å². The molecule has 1 unspecified atom stereocenters. The van der Waals surface area contributed by atoms with Gasteiger partial charge in [-0.2, -0.15) is 0 Å². The fourth-order valence-electron chi connectivity index (χ4n) is 1.42. The van der Waals surface area contributed by atoms with Crippen LogP contribution in [0.15, 0.2) is 0 Å². The van der Waals surface area contributed by atoms with Crippen molar-refractivity contribution in [3.8, 4) is 0 Å². The Labute approximate surface area is 178 Å². The van der Waals surface area contributed by atoms with Gasteiger partial charge in [-0.15, -0.1) is 0 Å². The Balaban J connectivity index is -0.000000192. The van der Waals surface area contributed by atoms with Crippen LogP contribution in [0.4, 0.5) is 0 Å². The maximum atomic E-state index is 10.3. The number of hydrogen-bond donors (Lipinski definition) is 8. The minimum Gasteiger partial charge on any atom is -0.550 e. The van der Waals surface area contributed by atoms with Crippen molar-refractivity contribution in [2.75, 3.05) is 0 Å². The zero-order valence-corrected chi connectivity index (χ0v) is 16.5. The number of rotatable bonds is 10. The van der Waals surface area contributed by atoms with Gasteiger partial charge in [-0.3, -0.25) is 14.4 Å². The molecular formula is C12H18NNaO14. The second kappa shape index (κ2) is 13.8. The Bertz CT molecular complexity index is 519. The van der Waals surface area contributed by atoms with Crippen LogP contribution in [-0.2, 0) is 28.8 Å². The van der Waals surface area contributed by atoms with Gasteiger partial charge in [-0.25, -0.2) is 9.59 Å². The molecule has 16 heteroatoms. The molecule has 0 fully saturated rings. The van der Waals surface area contributed by atoms with E-state index in [1.807, 2.05) is 0 Å². The Kier molecular flexibility index (Phi) is 16.4. The zero-order chi connectivity index (χ0) is 21.3. The average molecular weight is 423 g/mol. The number of hydrogen-bond acceptors (Lipinski definition) is 10. The first-order valence-corrected chi connectivity index (χ1v) is 6.32. The first-order valence-electron chi connectivity index (χ1n) is 6.32. The van der Waals surface area contributed by atoms with Crippen LogP contribution in [0.25, 0.3) is 0 Å². The van der Waals surface area contributed by atoms with Gasteiger partial charge in [0.15, 0.2) is 11.2 Å². The Hall–Kier alpha value is -2.30. The monoisotopic (exact) mass is 423 g/mol. The summed E-state index contributed by atoms with van der Waals surface area (Å²) in [7, 11) is 0. The van der Waals surface area contributed by atoms with Crippen molar-refractivity contribution in [2.24, 2.45) is 0 Å². The molecule has 1 atom stereocenters. The van der Waals surface area contributed by atoms with Crippen molar-refractivity contribution in [1.29, 1.82) is 0 Å². The van der Waals surface area contributed by atoms with Crippen LogP contribution in [0.5, 0.6) is 0 Å². The van der Waals surface area contributed by atoms with Gasteiger partial charge in [0.1, 0.15) is 0 Å². The van der Waals surface area contributed by atoms with Gasteiger partial charge in [-0.05, 0) is 0 Å². The molecule has 0 aliphatic carbocycles. The molecule has 0 heterocycles. The number of carboxylic acid groups (broad SMARTS) is 6. The Morgan fingerprint density at radius 2 is 0.821 bits per heavy atom. The molecule has 10 N–H and O–H groups in total. The van der Waals surface area contributed by atoms with Crippen LogP contribution in [-0.4, -0.2) is 82.8 Å². The van der Waals surface area contributed by atoms with Crippen molar-refractivity contribution in [1.82, 2.24) is 6.15 Å². The van der Waals surface area contributed by atoms with E-state index in [2.05, 4.69) is 0 Å². The summed E-state index contributed by atoms with van der Waals surface area (Å²) >= 11 is 0. The molecule has 0 amide bonds. The van der Waals surface area contributed by atoms with Crippen LogP contribution < -0.4 is 40.8 Å². The summed E-state index contributed by atoms with van der Waals surface area (Å²) in [6, 6.07) is 0. The van der Waals surface area contributed by atoms with Gasteiger partial charge < -0.3 is 51.8 Å². The SMILES string of the molecule is N.O=C(O)CC(O)(CC(=O)O)C(=O)O.O=C([O-])CC(O)(CC(=O)O)C(=O)O.[Na+]. The Morgan fingerprint density at radius 1 is 0.607 bits per heavy atom. The molecule has 0 aromatic carbocycles. The summed E-state index contributed by atoms with van der Waals surface area (Å²) in [5, 5.41) is 69.3. The summed E-state index contributed by atoms with van der Waals surface area (Å²) in [6.45, 7) is 0. The summed E-state index contributed by atoms with van der Waals surface area (Å²) in [5.74, 6) is -10.4. The van der Waals surface area contributed by atoms with E-state index in [1.165, 1.54) is 0 Å². The molecule has 0 saturated carbocycles. The largest absolute Gasteiger partial charge is 1.00 e. The predicted molar refractivity (Wildman–Crippen MR) is 76.6 cm³/mol. The topological polar surface area (TPSA) is 302 Å². The molecule has 0 aliphatic rings. The quantitative estimate of drug-likeness (QED) is 0.151. The number of aliphatic hydroxyl groups is 2. The average Bonchev–Trinajstić information content (AvgIpc) is 2.34. The van der Waals surface area contributed by atoms with Gasteiger partial charge in [0.2, 0.25) is 0 Å². The van der Waals surface area contributed by atoms with Crippen molar-refractivity contribution in [3.05, 3.63) is 0 Å². The molecule has 0 bridgehead atoms. The normalized spacial score (nSPS) is 11.8. The third kappa shape index (κ3) is 13.8. The number of carbonyl (C=O) groups is 6. The summed E-state index contributed by atoms with van der Waals surface area (Å²) in [4.78, 5) is 60.8. The second-order valence-corrected chi connectivity index (χ2v) is 4.93. The summed E-state index contributed by atoms with van der Waals surface area (Å²) in [5.41, 5.74) is -5.54. The van der Waals surface area contributed by atoms with Gasteiger partial charge in [0, 0.05) is 12.4 Å². The molecular weight excluding hydrogens is 405 g/mol. The van der Waals surface area contributed by atoms with Crippen molar-refractivity contribution in [3.63, 3.8) is 0 Å². The van der Waals surface area contributed by atoms with Gasteiger partial charge in [0.05, 0.1) is 19.3 Å². The first-order chi connectivity index (χ1) is 11.6. The fraction of sp³-hybridized carbons (Fsp3) is 0.500. The number of carbonyl (C=O) groups excluding carboxylic acids is 1. The standard InChI is InChI=1S/2C6H8O7.H3N.Na/c2*7-3(8)1-6(13,5(11)12)2-4(9)10;;/h2*13H,1-2H2,(H,7,8)(H,9,10)(H,11,12);1H3;/q;;;+1/p-1. The molecule has 0 radical (unpaired) electrons. The van der Waals surface area contributed by atoms with Crippen LogP contribution >= 0.6 is 0 Å². The van der Waals surface area contributed by atoms with Crippen molar-refractivity contribution < 1.29 is 99.2 Å². The van der Waals surface area contributed by atoms with E-state index < -0.39 is 72.7 Å². The van der Waals surface area contributed by atoms with E-state index in [1.54, 1.807) is 0 Å². The maximum Gasteiger partial charge on any atom is 1.00 e. The van der Waals surface area contributed by atoms with Crippen LogP contribution in [0.3, 0.4) is 0 Å². The second-order valence-electron chi connectivity index (χ2n) is 4.93. The third-order valence-corrected chi connectivity index (χ3v) is 2.56. The molecule has 15 nitrogen and oxygen atoms in total. The molecule has 0 rings (SSSR count). The van der Waals surface area contributed by atoms with E-state index in [0.717, 1.165) is 0 Å². The predicted octanol–water partition coefficient (Wildman–Crippen LogP) is -6.67. The first kappa shape index (κ1) is 33.3. The van der Waals surface area contributed by atoms with E-state index >= 15 is 0 Å². The van der Waals surface area contributed by atoms with Gasteiger partial charge >= 0.3 is 59.4 Å². The summed E-state index contributed by atoms with van der Waals surface area (Å²) in [6.07, 6.45) is -4.73. The van der Waals surface area contributed by atoms with Crippen molar-refractivity contribution in [2.45, 2.75) is 36.9 Å². The van der Waals surface area contributed by atoms with Crippen molar-refractivity contribution >= 4 is 35.8 Å². The Morgan fingerprint density at radius 3 is 0.964 bits per heavy atom. The maximum absolute atomic E-state index is 10.3. The summed E-state index contributed by atoms with van der Waals surface area (Å²) < 4.78 is 0. The van der Waals surface area contributed by atoms with Gasteiger partial charge in [0.25, 0.3) is 0 Å². The van der Waals surface area contributed by atoms with Crippen LogP contribution in [0, 0.1) is 0 Å². The zero-order valence-electron chi connectivity index (χ0n) is 14.5. The van der Waals surface area contributed by atoms with E-state index in [0.29, 0.717) is 0 Å². The molecule has 0 aromatic rings.